The molecule has 3 rings (SSSR count). The molecule has 1 heterocycles. The van der Waals surface area contributed by atoms with Gasteiger partial charge in [0, 0.05) is 23.3 Å². The number of hydrogen-bond donors (Lipinski definition) is 1. The summed E-state index contributed by atoms with van der Waals surface area (Å²) in [7, 11) is 0. The summed E-state index contributed by atoms with van der Waals surface area (Å²) in [6, 6.07) is 14.6. The average Bonchev–Trinajstić information content (AvgIpc) is 3.17. The summed E-state index contributed by atoms with van der Waals surface area (Å²) in [5, 5.41) is 14.9. The smallest absolute Gasteiger partial charge is 0.271 e. The number of hydrogen-bond acceptors (Lipinski definition) is 6. The Kier molecular flexibility index (Phi) is 6.03. The van der Waals surface area contributed by atoms with Crippen molar-refractivity contribution in [1.29, 1.82) is 0 Å². The van der Waals surface area contributed by atoms with E-state index in [2.05, 4.69) is 10.5 Å². The highest BCUT2D eigenvalue weighted by atomic mass is 16.6. The third-order valence-corrected chi connectivity index (χ3v) is 4.11. The van der Waals surface area contributed by atoms with Gasteiger partial charge < -0.3 is 9.15 Å². The molecule has 0 spiro atoms. The van der Waals surface area contributed by atoms with Gasteiger partial charge in [0.25, 0.3) is 11.6 Å². The van der Waals surface area contributed by atoms with Crippen LogP contribution >= 0.6 is 0 Å². The zero-order chi connectivity index (χ0) is 20.8. The third-order valence-electron chi connectivity index (χ3n) is 4.11. The predicted molar refractivity (Wildman–Crippen MR) is 108 cm³/mol. The fraction of sp³-hybridized carbons (Fsp3) is 0.143. The molecule has 0 radical (unpaired) electrons. The molecule has 3 aromatic rings. The second-order valence-electron chi connectivity index (χ2n) is 6.11. The summed E-state index contributed by atoms with van der Waals surface area (Å²) in [4.78, 5) is 22.6. The summed E-state index contributed by atoms with van der Waals surface area (Å²) in [5.74, 6) is 1.20. The molecular formula is C21H19N3O5. The van der Waals surface area contributed by atoms with E-state index in [-0.39, 0.29) is 11.6 Å². The highest BCUT2D eigenvalue weighted by Crippen LogP contribution is 2.28. The van der Waals surface area contributed by atoms with Crippen molar-refractivity contribution >= 4 is 17.8 Å². The monoisotopic (exact) mass is 393 g/mol. The summed E-state index contributed by atoms with van der Waals surface area (Å²) >= 11 is 0. The lowest BCUT2D eigenvalue weighted by Crippen LogP contribution is -2.17. The molecule has 1 N–H and O–H groups in total. The Labute approximate surface area is 167 Å². The number of nitrogens with zero attached hydrogens (tertiary/aromatic N) is 2. The normalized spacial score (nSPS) is 10.8. The Morgan fingerprint density at radius 1 is 1.21 bits per heavy atom. The fourth-order valence-corrected chi connectivity index (χ4v) is 2.64. The van der Waals surface area contributed by atoms with Crippen molar-refractivity contribution < 1.29 is 18.9 Å². The van der Waals surface area contributed by atoms with Crippen molar-refractivity contribution in [3.05, 3.63) is 81.6 Å². The minimum Gasteiger partial charge on any atom is -0.494 e. The lowest BCUT2D eigenvalue weighted by atomic mass is 10.1. The highest BCUT2D eigenvalue weighted by molar-refractivity contribution is 5.94. The standard InChI is InChI=1S/C21H19N3O5/c1-3-28-17-8-5-15(6-9-17)21(25)23-22-13-18-10-11-20(29-18)19-12-16(24(26)27)7-4-14(19)2/h4-13H,3H2,1-2H3,(H,23,25)/b22-13+. The largest absolute Gasteiger partial charge is 0.494 e. The fourth-order valence-electron chi connectivity index (χ4n) is 2.64. The van der Waals surface area contributed by atoms with Gasteiger partial charge in [0.05, 0.1) is 17.7 Å². The van der Waals surface area contributed by atoms with Crippen LogP contribution in [0.2, 0.25) is 0 Å². The van der Waals surface area contributed by atoms with Crippen LogP contribution in [0.4, 0.5) is 5.69 Å². The lowest BCUT2D eigenvalue weighted by Gasteiger charge is -2.03. The van der Waals surface area contributed by atoms with Crippen molar-refractivity contribution in [1.82, 2.24) is 5.43 Å². The highest BCUT2D eigenvalue weighted by Gasteiger charge is 2.13. The van der Waals surface area contributed by atoms with Gasteiger partial charge in [-0.2, -0.15) is 5.10 Å². The van der Waals surface area contributed by atoms with Gasteiger partial charge in [0.15, 0.2) is 0 Å². The van der Waals surface area contributed by atoms with Crippen LogP contribution in [-0.2, 0) is 0 Å². The Morgan fingerprint density at radius 2 is 1.97 bits per heavy atom. The van der Waals surface area contributed by atoms with Gasteiger partial charge in [-0.25, -0.2) is 5.43 Å². The number of carbonyl (C=O) groups excluding carboxylic acids is 1. The van der Waals surface area contributed by atoms with Crippen LogP contribution in [0.3, 0.4) is 0 Å². The number of non-ortho nitro benzene ring substituents is 1. The van der Waals surface area contributed by atoms with E-state index in [1.807, 2.05) is 13.8 Å². The number of nitro groups is 1. The van der Waals surface area contributed by atoms with Crippen molar-refractivity contribution in [2.45, 2.75) is 13.8 Å². The number of aryl methyl sites for hydroxylation is 1. The van der Waals surface area contributed by atoms with Crippen molar-refractivity contribution in [2.75, 3.05) is 6.61 Å². The molecule has 0 saturated heterocycles. The van der Waals surface area contributed by atoms with E-state index in [0.29, 0.717) is 35.0 Å². The number of hydrazone groups is 1. The van der Waals surface area contributed by atoms with Crippen molar-refractivity contribution in [3.8, 4) is 17.1 Å². The van der Waals surface area contributed by atoms with Crippen molar-refractivity contribution in [3.63, 3.8) is 0 Å². The van der Waals surface area contributed by atoms with Gasteiger partial charge in [0.1, 0.15) is 17.3 Å². The van der Waals surface area contributed by atoms with E-state index in [4.69, 9.17) is 9.15 Å². The summed E-state index contributed by atoms with van der Waals surface area (Å²) < 4.78 is 11.0. The number of carbonyl (C=O) groups is 1. The van der Waals surface area contributed by atoms with E-state index in [9.17, 15) is 14.9 Å². The van der Waals surface area contributed by atoms with Gasteiger partial charge in [-0.15, -0.1) is 0 Å². The molecule has 0 aliphatic heterocycles. The van der Waals surface area contributed by atoms with E-state index in [0.717, 1.165) is 5.56 Å². The number of ether oxygens (including phenoxy) is 1. The molecule has 0 fully saturated rings. The molecule has 0 aliphatic rings. The first-order valence-electron chi connectivity index (χ1n) is 8.89. The maximum Gasteiger partial charge on any atom is 0.271 e. The molecule has 148 valence electrons. The zero-order valence-corrected chi connectivity index (χ0v) is 15.9. The predicted octanol–water partition coefficient (Wildman–Crippen LogP) is 4.33. The van der Waals surface area contributed by atoms with Crippen LogP contribution < -0.4 is 10.2 Å². The number of benzene rings is 2. The quantitative estimate of drug-likeness (QED) is 0.365. The summed E-state index contributed by atoms with van der Waals surface area (Å²) in [6.07, 6.45) is 1.36. The molecule has 2 aromatic carbocycles. The van der Waals surface area contributed by atoms with Gasteiger partial charge in [-0.05, 0) is 55.8 Å². The molecule has 8 heteroatoms. The van der Waals surface area contributed by atoms with E-state index >= 15 is 0 Å². The van der Waals surface area contributed by atoms with Crippen LogP contribution in [0.5, 0.6) is 5.75 Å². The van der Waals surface area contributed by atoms with Gasteiger partial charge in [0.2, 0.25) is 0 Å². The number of amides is 1. The molecule has 1 amide bonds. The minimum atomic E-state index is -0.454. The summed E-state index contributed by atoms with van der Waals surface area (Å²) in [6.45, 7) is 4.28. The average molecular weight is 393 g/mol. The number of furan rings is 1. The van der Waals surface area contributed by atoms with E-state index < -0.39 is 4.92 Å². The van der Waals surface area contributed by atoms with Crippen LogP contribution in [0.1, 0.15) is 28.6 Å². The first-order chi connectivity index (χ1) is 14.0. The molecule has 29 heavy (non-hydrogen) atoms. The molecule has 0 atom stereocenters. The molecule has 1 aromatic heterocycles. The first-order valence-corrected chi connectivity index (χ1v) is 8.89. The number of rotatable bonds is 7. The summed E-state index contributed by atoms with van der Waals surface area (Å²) in [5.41, 5.74) is 4.32. The Hall–Kier alpha value is -3.94. The SMILES string of the molecule is CCOc1ccc(C(=O)N/N=C/c2ccc(-c3cc([N+](=O)[O-])ccc3C)o2)cc1. The Balaban J connectivity index is 1.67. The number of nitrogens with one attached hydrogen (secondary N) is 1. The Morgan fingerprint density at radius 3 is 2.66 bits per heavy atom. The van der Waals surface area contributed by atoms with Crippen LogP contribution in [0.25, 0.3) is 11.3 Å². The van der Waals surface area contributed by atoms with Crippen LogP contribution in [0, 0.1) is 17.0 Å². The third kappa shape index (κ3) is 4.86. The zero-order valence-electron chi connectivity index (χ0n) is 15.9. The van der Waals surface area contributed by atoms with E-state index in [1.165, 1.54) is 18.3 Å². The first kappa shape index (κ1) is 19.8. The second-order valence-corrected chi connectivity index (χ2v) is 6.11. The van der Waals surface area contributed by atoms with Crippen LogP contribution in [-0.4, -0.2) is 23.7 Å². The van der Waals surface area contributed by atoms with E-state index in [1.54, 1.807) is 42.5 Å². The van der Waals surface area contributed by atoms with Gasteiger partial charge in [-0.1, -0.05) is 6.07 Å². The second kappa shape index (κ2) is 8.83. The molecular weight excluding hydrogens is 374 g/mol. The maximum atomic E-state index is 12.1. The van der Waals surface area contributed by atoms with Gasteiger partial charge in [-0.3, -0.25) is 14.9 Å². The minimum absolute atomic E-state index is 0.0140. The molecule has 0 aliphatic carbocycles. The molecule has 8 nitrogen and oxygen atoms in total. The van der Waals surface area contributed by atoms with Crippen LogP contribution in [0.15, 0.2) is 64.1 Å². The molecule has 0 unspecified atom stereocenters. The molecule has 0 bridgehead atoms. The molecule has 0 saturated carbocycles. The topological polar surface area (TPSA) is 107 Å². The Bertz CT molecular complexity index is 1050. The van der Waals surface area contributed by atoms with Crippen molar-refractivity contribution in [2.24, 2.45) is 5.10 Å². The van der Waals surface area contributed by atoms with Gasteiger partial charge >= 0.3 is 0 Å². The lowest BCUT2D eigenvalue weighted by molar-refractivity contribution is -0.384. The number of nitro benzene ring substituents is 1. The maximum absolute atomic E-state index is 12.1.